The molecule has 2 nitrogen and oxygen atoms in total. The highest BCUT2D eigenvalue weighted by molar-refractivity contribution is 7.99. The molecule has 0 unspecified atom stereocenters. The molecule has 0 aliphatic heterocycles. The topological polar surface area (TPSA) is 40.5 Å². The third-order valence-corrected chi connectivity index (χ3v) is 9.31. The molecule has 0 aromatic heterocycles. The predicted octanol–water partition coefficient (Wildman–Crippen LogP) is 12.4. The molecule has 2 aromatic rings. The summed E-state index contributed by atoms with van der Waals surface area (Å²) in [6.45, 7) is 17.6. The summed E-state index contributed by atoms with van der Waals surface area (Å²) in [4.78, 5) is 1.72. The Labute approximate surface area is 258 Å². The van der Waals surface area contributed by atoms with E-state index in [4.69, 9.17) is 0 Å². The fourth-order valence-corrected chi connectivity index (χ4v) is 6.68. The highest BCUT2D eigenvalue weighted by Crippen LogP contribution is 2.47. The van der Waals surface area contributed by atoms with Gasteiger partial charge in [-0.1, -0.05) is 156 Å². The molecule has 3 heteroatoms. The maximum Gasteiger partial charge on any atom is 0.133 e. The van der Waals surface area contributed by atoms with Gasteiger partial charge in [0.1, 0.15) is 11.5 Å². The van der Waals surface area contributed by atoms with Crippen LogP contribution in [0.4, 0.5) is 0 Å². The van der Waals surface area contributed by atoms with E-state index >= 15 is 0 Å². The first-order valence-corrected chi connectivity index (χ1v) is 17.6. The van der Waals surface area contributed by atoms with Crippen molar-refractivity contribution in [2.24, 2.45) is 0 Å². The second-order valence-electron chi connectivity index (χ2n) is 14.3. The molecule has 0 spiro atoms. The van der Waals surface area contributed by atoms with Crippen molar-refractivity contribution in [1.29, 1.82) is 0 Å². The number of rotatable bonds is 18. The van der Waals surface area contributed by atoms with Gasteiger partial charge < -0.3 is 10.2 Å². The molecule has 41 heavy (non-hydrogen) atoms. The molecule has 0 saturated heterocycles. The standard InChI is InChI=1S/C38H62O2S/c1-9-11-13-15-17-19-21-23-29-25-31(37(3,4)5)35(39)33(27-29)41-34-28-30(24-22-20-18-16-14-12-10-2)26-32(36(34)40)38(6,7)8/h25-28,39-40H,9-24H2,1-8H3. The molecule has 0 fully saturated rings. The zero-order valence-electron chi connectivity index (χ0n) is 27.9. The van der Waals surface area contributed by atoms with E-state index in [1.54, 1.807) is 0 Å². The number of phenols is 2. The Morgan fingerprint density at radius 2 is 0.805 bits per heavy atom. The number of aromatic hydroxyl groups is 2. The lowest BCUT2D eigenvalue weighted by atomic mass is 9.84. The van der Waals surface area contributed by atoms with E-state index in [9.17, 15) is 10.2 Å². The number of benzene rings is 2. The average Bonchev–Trinajstić information content (AvgIpc) is 2.89. The smallest absolute Gasteiger partial charge is 0.133 e. The van der Waals surface area contributed by atoms with Crippen LogP contribution in [0.3, 0.4) is 0 Å². The van der Waals surface area contributed by atoms with Gasteiger partial charge in [0, 0.05) is 11.1 Å². The van der Waals surface area contributed by atoms with Crippen molar-refractivity contribution in [2.45, 2.75) is 179 Å². The van der Waals surface area contributed by atoms with E-state index in [0.717, 1.165) is 33.8 Å². The first kappa shape index (κ1) is 35.6. The Hall–Kier alpha value is -1.61. The van der Waals surface area contributed by atoms with E-state index in [1.807, 2.05) is 0 Å². The van der Waals surface area contributed by atoms with Crippen molar-refractivity contribution >= 4 is 11.8 Å². The van der Waals surface area contributed by atoms with Crippen LogP contribution < -0.4 is 0 Å². The van der Waals surface area contributed by atoms with E-state index in [2.05, 4.69) is 79.7 Å². The molecule has 0 aliphatic rings. The quantitative estimate of drug-likeness (QED) is 0.172. The van der Waals surface area contributed by atoms with Crippen molar-refractivity contribution in [1.82, 2.24) is 0 Å². The van der Waals surface area contributed by atoms with Gasteiger partial charge in [0.25, 0.3) is 0 Å². The third kappa shape index (κ3) is 12.3. The summed E-state index contributed by atoms with van der Waals surface area (Å²) in [5.74, 6) is 0.722. The van der Waals surface area contributed by atoms with Crippen molar-refractivity contribution in [3.8, 4) is 11.5 Å². The summed E-state index contributed by atoms with van der Waals surface area (Å²) in [7, 11) is 0. The van der Waals surface area contributed by atoms with Crippen molar-refractivity contribution in [2.75, 3.05) is 0 Å². The minimum absolute atomic E-state index is 0.160. The summed E-state index contributed by atoms with van der Waals surface area (Å²) in [5, 5.41) is 22.9. The number of hydrogen-bond acceptors (Lipinski definition) is 3. The van der Waals surface area contributed by atoms with Crippen LogP contribution in [0.1, 0.15) is 168 Å². The minimum atomic E-state index is -0.160. The SMILES string of the molecule is CCCCCCCCCc1cc(Sc2cc(CCCCCCCCC)cc(C(C)(C)C)c2O)c(O)c(C(C)(C)C)c1. The van der Waals surface area contributed by atoms with Crippen LogP contribution in [0.5, 0.6) is 11.5 Å². The molecular formula is C38H62O2S. The molecule has 232 valence electrons. The van der Waals surface area contributed by atoms with Crippen molar-refractivity contribution < 1.29 is 10.2 Å². The van der Waals surface area contributed by atoms with Gasteiger partial charge in [0.2, 0.25) is 0 Å². The summed E-state index contributed by atoms with van der Waals surface area (Å²) < 4.78 is 0. The van der Waals surface area contributed by atoms with Gasteiger partial charge in [0.15, 0.2) is 0 Å². The Morgan fingerprint density at radius 1 is 0.488 bits per heavy atom. The normalized spacial score (nSPS) is 12.3. The van der Waals surface area contributed by atoms with E-state index in [0.29, 0.717) is 11.5 Å². The van der Waals surface area contributed by atoms with Crippen molar-refractivity contribution in [3.05, 3.63) is 46.5 Å². The predicted molar refractivity (Wildman–Crippen MR) is 181 cm³/mol. The molecule has 0 heterocycles. The van der Waals surface area contributed by atoms with Gasteiger partial charge >= 0.3 is 0 Å². The van der Waals surface area contributed by atoms with Crippen LogP contribution in [-0.2, 0) is 23.7 Å². The highest BCUT2D eigenvalue weighted by Gasteiger charge is 2.25. The van der Waals surface area contributed by atoms with E-state index < -0.39 is 0 Å². The zero-order chi connectivity index (χ0) is 30.5. The van der Waals surface area contributed by atoms with Crippen LogP contribution in [0.25, 0.3) is 0 Å². The number of hydrogen-bond donors (Lipinski definition) is 2. The Kier molecular flexibility index (Phi) is 15.2. The number of aryl methyl sites for hydroxylation is 2. The van der Waals surface area contributed by atoms with Gasteiger partial charge in [-0.2, -0.15) is 0 Å². The summed E-state index contributed by atoms with van der Waals surface area (Å²) in [6, 6.07) is 8.78. The Bertz CT molecular complexity index is 958. The average molecular weight is 583 g/mol. The van der Waals surface area contributed by atoms with Crippen molar-refractivity contribution in [3.63, 3.8) is 0 Å². The molecule has 0 saturated carbocycles. The molecule has 2 N–H and O–H groups in total. The van der Waals surface area contributed by atoms with Crippen LogP contribution >= 0.6 is 11.8 Å². The zero-order valence-corrected chi connectivity index (χ0v) is 28.7. The fourth-order valence-electron chi connectivity index (χ4n) is 5.61. The molecule has 2 aromatic carbocycles. The monoisotopic (exact) mass is 582 g/mol. The highest BCUT2D eigenvalue weighted by atomic mass is 32.2. The molecule has 0 bridgehead atoms. The van der Waals surface area contributed by atoms with Gasteiger partial charge in [-0.15, -0.1) is 0 Å². The van der Waals surface area contributed by atoms with Crippen LogP contribution in [-0.4, -0.2) is 10.2 Å². The maximum absolute atomic E-state index is 11.5. The van der Waals surface area contributed by atoms with Gasteiger partial charge in [-0.25, -0.2) is 0 Å². The Balaban J connectivity index is 2.28. The Morgan fingerprint density at radius 3 is 1.12 bits per heavy atom. The lowest BCUT2D eigenvalue weighted by Crippen LogP contribution is -2.13. The number of unbranched alkanes of at least 4 members (excludes halogenated alkanes) is 12. The largest absolute Gasteiger partial charge is 0.506 e. The maximum atomic E-state index is 11.5. The van der Waals surface area contributed by atoms with E-state index in [1.165, 1.54) is 113 Å². The van der Waals surface area contributed by atoms with Gasteiger partial charge in [-0.3, -0.25) is 0 Å². The number of phenolic OH excluding ortho intramolecular Hbond substituents is 2. The van der Waals surface area contributed by atoms with Gasteiger partial charge in [-0.05, 0) is 59.8 Å². The second-order valence-corrected chi connectivity index (χ2v) is 15.4. The first-order chi connectivity index (χ1) is 19.4. The van der Waals surface area contributed by atoms with Crippen LogP contribution in [0.15, 0.2) is 34.1 Å². The lowest BCUT2D eigenvalue weighted by molar-refractivity contribution is 0.431. The minimum Gasteiger partial charge on any atom is -0.506 e. The lowest BCUT2D eigenvalue weighted by Gasteiger charge is -2.25. The summed E-state index contributed by atoms with van der Waals surface area (Å²) in [5.41, 5.74) is 4.25. The molecule has 0 amide bonds. The molecule has 0 radical (unpaired) electrons. The first-order valence-electron chi connectivity index (χ1n) is 16.8. The summed E-state index contributed by atoms with van der Waals surface area (Å²) in [6.07, 6.45) is 20.2. The van der Waals surface area contributed by atoms with Crippen LogP contribution in [0.2, 0.25) is 0 Å². The third-order valence-electron chi connectivity index (χ3n) is 8.24. The molecular weight excluding hydrogens is 520 g/mol. The second kappa shape index (κ2) is 17.5. The summed E-state index contributed by atoms with van der Waals surface area (Å²) >= 11 is 1.54. The van der Waals surface area contributed by atoms with E-state index in [-0.39, 0.29) is 10.8 Å². The molecule has 2 rings (SSSR count). The van der Waals surface area contributed by atoms with Crippen LogP contribution in [0, 0.1) is 0 Å². The fraction of sp³-hybridized carbons (Fsp3) is 0.684. The molecule has 0 atom stereocenters. The molecule has 0 aliphatic carbocycles. The van der Waals surface area contributed by atoms with Gasteiger partial charge in [0.05, 0.1) is 9.79 Å².